The topological polar surface area (TPSA) is 108 Å². The summed E-state index contributed by atoms with van der Waals surface area (Å²) in [4.78, 5) is 25.8. The zero-order valence-electron chi connectivity index (χ0n) is 11.9. The van der Waals surface area contributed by atoms with Gasteiger partial charge in [-0.1, -0.05) is 11.6 Å². The van der Waals surface area contributed by atoms with Crippen LogP contribution in [0, 0.1) is 17.0 Å². The Balaban J connectivity index is 1.82. The third kappa shape index (κ3) is 3.82. The number of hydrogen-bond donors (Lipinski definition) is 1. The Labute approximate surface area is 131 Å². The molecule has 2 aromatic heterocycles. The van der Waals surface area contributed by atoms with Gasteiger partial charge in [0.25, 0.3) is 0 Å². The molecule has 0 radical (unpaired) electrons. The molecule has 10 heteroatoms. The quantitative estimate of drug-likeness (QED) is 0.466. The molecule has 0 aliphatic rings. The van der Waals surface area contributed by atoms with Gasteiger partial charge in [0.15, 0.2) is 5.02 Å². The van der Waals surface area contributed by atoms with Crippen LogP contribution in [0.15, 0.2) is 18.7 Å². The number of aryl methyl sites for hydroxylation is 1. The summed E-state index contributed by atoms with van der Waals surface area (Å²) in [5.41, 5.74) is 0.391. The van der Waals surface area contributed by atoms with Crippen molar-refractivity contribution in [2.75, 3.05) is 6.54 Å². The first-order valence-electron chi connectivity index (χ1n) is 6.58. The van der Waals surface area contributed by atoms with Gasteiger partial charge in [-0.05, 0) is 18.3 Å². The van der Waals surface area contributed by atoms with E-state index in [0.717, 1.165) is 13.0 Å². The van der Waals surface area contributed by atoms with Crippen LogP contribution in [0.4, 0.5) is 5.82 Å². The first kappa shape index (κ1) is 16.0. The highest BCUT2D eigenvalue weighted by molar-refractivity contribution is 6.33. The van der Waals surface area contributed by atoms with Crippen LogP contribution >= 0.6 is 11.6 Å². The lowest BCUT2D eigenvalue weighted by Crippen LogP contribution is -2.29. The van der Waals surface area contributed by atoms with Gasteiger partial charge >= 0.3 is 5.82 Å². The maximum absolute atomic E-state index is 11.8. The van der Waals surface area contributed by atoms with Gasteiger partial charge in [0.2, 0.25) is 5.91 Å². The summed E-state index contributed by atoms with van der Waals surface area (Å²) in [6, 6.07) is 0. The number of nitro groups is 1. The fourth-order valence-corrected chi connectivity index (χ4v) is 2.08. The van der Waals surface area contributed by atoms with E-state index >= 15 is 0 Å². The van der Waals surface area contributed by atoms with Gasteiger partial charge in [-0.3, -0.25) is 4.79 Å². The van der Waals surface area contributed by atoms with E-state index in [9.17, 15) is 14.9 Å². The molecule has 9 nitrogen and oxygen atoms in total. The van der Waals surface area contributed by atoms with Gasteiger partial charge in [-0.2, -0.15) is 4.68 Å². The van der Waals surface area contributed by atoms with Crippen molar-refractivity contribution >= 4 is 23.3 Å². The Morgan fingerprint density at radius 1 is 1.55 bits per heavy atom. The summed E-state index contributed by atoms with van der Waals surface area (Å²) in [6.07, 6.45) is 5.99. The maximum atomic E-state index is 11.8. The van der Waals surface area contributed by atoms with Crippen molar-refractivity contribution in [3.05, 3.63) is 39.6 Å². The molecule has 0 atom stereocenters. The zero-order chi connectivity index (χ0) is 16.1. The molecular weight excluding hydrogens is 312 g/mol. The van der Waals surface area contributed by atoms with Crippen LogP contribution in [0.3, 0.4) is 0 Å². The highest BCUT2D eigenvalue weighted by Crippen LogP contribution is 2.26. The second kappa shape index (κ2) is 7.03. The maximum Gasteiger partial charge on any atom is 0.408 e. The van der Waals surface area contributed by atoms with E-state index in [1.165, 1.54) is 4.68 Å². The van der Waals surface area contributed by atoms with Crippen molar-refractivity contribution < 1.29 is 9.72 Å². The molecule has 1 amide bonds. The molecule has 22 heavy (non-hydrogen) atoms. The highest BCUT2D eigenvalue weighted by Gasteiger charge is 2.24. The van der Waals surface area contributed by atoms with E-state index < -0.39 is 10.7 Å². The van der Waals surface area contributed by atoms with Gasteiger partial charge in [0.1, 0.15) is 6.54 Å². The zero-order valence-corrected chi connectivity index (χ0v) is 12.7. The predicted octanol–water partition coefficient (Wildman–Crippen LogP) is 1.16. The van der Waals surface area contributed by atoms with E-state index in [0.29, 0.717) is 12.2 Å². The minimum atomic E-state index is -0.672. The van der Waals surface area contributed by atoms with Crippen molar-refractivity contribution in [2.24, 2.45) is 0 Å². The van der Waals surface area contributed by atoms with Gasteiger partial charge in [0.05, 0.1) is 17.1 Å². The summed E-state index contributed by atoms with van der Waals surface area (Å²) < 4.78 is 3.14. The van der Waals surface area contributed by atoms with Crippen LogP contribution in [-0.2, 0) is 17.9 Å². The summed E-state index contributed by atoms with van der Waals surface area (Å²) in [6.45, 7) is 2.71. The molecule has 0 spiro atoms. The van der Waals surface area contributed by atoms with Crippen LogP contribution in [-0.4, -0.2) is 36.7 Å². The molecule has 1 N–H and O–H groups in total. The third-order valence-electron chi connectivity index (χ3n) is 3.06. The Morgan fingerprint density at radius 2 is 2.32 bits per heavy atom. The average Bonchev–Trinajstić information content (AvgIpc) is 3.07. The molecule has 2 rings (SSSR count). The molecule has 0 saturated heterocycles. The molecule has 118 valence electrons. The Bertz CT molecular complexity index is 667. The molecule has 0 fully saturated rings. The summed E-state index contributed by atoms with van der Waals surface area (Å²) in [5.74, 6) is -0.713. The van der Waals surface area contributed by atoms with Crippen molar-refractivity contribution in [1.82, 2.24) is 24.6 Å². The van der Waals surface area contributed by atoms with Gasteiger partial charge in [-0.25, -0.2) is 4.98 Å². The number of carbonyl (C=O) groups is 1. The first-order valence-corrected chi connectivity index (χ1v) is 6.96. The van der Waals surface area contributed by atoms with E-state index in [1.54, 1.807) is 19.4 Å². The lowest BCUT2D eigenvalue weighted by Gasteiger charge is -2.05. The number of aromatic nitrogens is 4. The van der Waals surface area contributed by atoms with Crippen molar-refractivity contribution in [3.63, 3.8) is 0 Å². The molecule has 2 aromatic rings. The van der Waals surface area contributed by atoms with E-state index in [4.69, 9.17) is 11.6 Å². The number of halogens is 1. The number of imidazole rings is 1. The Hall–Kier alpha value is -2.42. The van der Waals surface area contributed by atoms with Crippen LogP contribution in [0.5, 0.6) is 0 Å². The average molecular weight is 327 g/mol. The standard InChI is InChI=1S/C12H15ClN6O3/c1-9-11(13)12(19(21)22)16-18(9)7-10(20)15-3-2-5-17-6-4-14-8-17/h4,6,8H,2-3,5,7H2,1H3,(H,15,20). The predicted molar refractivity (Wildman–Crippen MR) is 78.5 cm³/mol. The van der Waals surface area contributed by atoms with Gasteiger partial charge in [0, 0.05) is 25.5 Å². The monoisotopic (exact) mass is 326 g/mol. The fourth-order valence-electron chi connectivity index (χ4n) is 1.88. The lowest BCUT2D eigenvalue weighted by molar-refractivity contribution is -0.389. The molecule has 2 heterocycles. The smallest absolute Gasteiger partial charge is 0.358 e. The minimum absolute atomic E-state index is 0.0436. The van der Waals surface area contributed by atoms with Crippen LogP contribution in [0.25, 0.3) is 0 Å². The van der Waals surface area contributed by atoms with E-state index in [-0.39, 0.29) is 17.5 Å². The molecule has 0 bridgehead atoms. The molecular formula is C12H15ClN6O3. The number of nitrogens with one attached hydrogen (secondary N) is 1. The number of hydrogen-bond acceptors (Lipinski definition) is 5. The Kier molecular flexibility index (Phi) is 5.10. The SMILES string of the molecule is Cc1c(Cl)c([N+](=O)[O-])nn1CC(=O)NCCCn1ccnc1. The highest BCUT2D eigenvalue weighted by atomic mass is 35.5. The summed E-state index contributed by atoms with van der Waals surface area (Å²) >= 11 is 5.81. The normalized spacial score (nSPS) is 10.6. The second-order valence-electron chi connectivity index (χ2n) is 4.64. The van der Waals surface area contributed by atoms with Crippen molar-refractivity contribution in [2.45, 2.75) is 26.4 Å². The van der Waals surface area contributed by atoms with Crippen LogP contribution in [0.2, 0.25) is 5.02 Å². The third-order valence-corrected chi connectivity index (χ3v) is 3.50. The van der Waals surface area contributed by atoms with E-state index in [1.807, 2.05) is 10.8 Å². The summed E-state index contributed by atoms with van der Waals surface area (Å²) in [5, 5.41) is 17.2. The van der Waals surface area contributed by atoms with Crippen molar-refractivity contribution in [1.29, 1.82) is 0 Å². The fraction of sp³-hybridized carbons (Fsp3) is 0.417. The first-order chi connectivity index (χ1) is 10.5. The number of rotatable bonds is 7. The molecule has 0 saturated carbocycles. The van der Waals surface area contributed by atoms with E-state index in [2.05, 4.69) is 15.4 Å². The van der Waals surface area contributed by atoms with Gasteiger partial charge in [-0.15, -0.1) is 0 Å². The molecule has 0 aromatic carbocycles. The Morgan fingerprint density at radius 3 is 2.91 bits per heavy atom. The van der Waals surface area contributed by atoms with Crippen LogP contribution < -0.4 is 5.32 Å². The minimum Gasteiger partial charge on any atom is -0.358 e. The van der Waals surface area contributed by atoms with Crippen LogP contribution in [0.1, 0.15) is 12.1 Å². The molecule has 0 aliphatic carbocycles. The molecule has 0 aliphatic heterocycles. The number of nitrogens with zero attached hydrogens (tertiary/aromatic N) is 5. The van der Waals surface area contributed by atoms with Gasteiger partial charge < -0.3 is 20.0 Å². The molecule has 0 unspecified atom stereocenters. The lowest BCUT2D eigenvalue weighted by atomic mass is 10.4. The van der Waals surface area contributed by atoms with Crippen molar-refractivity contribution in [3.8, 4) is 0 Å². The summed E-state index contributed by atoms with van der Waals surface area (Å²) in [7, 11) is 0. The number of carbonyl (C=O) groups excluding carboxylic acids is 1. The second-order valence-corrected chi connectivity index (χ2v) is 5.02. The number of amides is 1. The largest absolute Gasteiger partial charge is 0.408 e.